The van der Waals surface area contributed by atoms with Gasteiger partial charge in [0.2, 0.25) is 0 Å². The van der Waals surface area contributed by atoms with E-state index >= 15 is 0 Å². The van der Waals surface area contributed by atoms with Crippen LogP contribution in [0, 0.1) is 12.8 Å². The quantitative estimate of drug-likeness (QED) is 0.614. The van der Waals surface area contributed by atoms with E-state index in [1.807, 2.05) is 13.0 Å². The van der Waals surface area contributed by atoms with E-state index in [2.05, 4.69) is 41.9 Å². The number of likely N-dealkylation sites (tertiary alicyclic amines) is 1. The highest BCUT2D eigenvalue weighted by Gasteiger charge is 2.30. The van der Waals surface area contributed by atoms with Crippen LogP contribution >= 0.6 is 0 Å². The van der Waals surface area contributed by atoms with E-state index in [-0.39, 0.29) is 5.78 Å². The Labute approximate surface area is 192 Å². The van der Waals surface area contributed by atoms with Crippen molar-refractivity contribution in [2.24, 2.45) is 5.92 Å². The molecule has 172 valence electrons. The normalized spacial score (nSPS) is 26.4. The lowest BCUT2D eigenvalue weighted by molar-refractivity contribution is 0.00722. The SMILES string of the molecule is Cc1cc(CN2CCC[C@H]2C)ccc1-c1cnc(N)c(C(=O)CC2CCC(C)(O)CC2)c1. The highest BCUT2D eigenvalue weighted by molar-refractivity contribution is 6.01. The van der Waals surface area contributed by atoms with Crippen LogP contribution in [-0.4, -0.2) is 39.0 Å². The van der Waals surface area contributed by atoms with E-state index < -0.39 is 5.60 Å². The molecule has 2 aliphatic rings. The van der Waals surface area contributed by atoms with E-state index in [9.17, 15) is 9.90 Å². The Morgan fingerprint density at radius 1 is 1.25 bits per heavy atom. The minimum atomic E-state index is -0.587. The first-order valence-electron chi connectivity index (χ1n) is 12.1. The number of nitrogens with zero attached hydrogens (tertiary/aromatic N) is 2. The summed E-state index contributed by atoms with van der Waals surface area (Å²) >= 11 is 0. The van der Waals surface area contributed by atoms with E-state index in [0.29, 0.717) is 29.8 Å². The fraction of sp³-hybridized carbons (Fsp3) is 0.556. The number of anilines is 1. The molecule has 0 bridgehead atoms. The molecule has 1 atom stereocenters. The van der Waals surface area contributed by atoms with Crippen LogP contribution in [0.5, 0.6) is 0 Å². The Hall–Kier alpha value is -2.24. The second kappa shape index (κ2) is 9.32. The predicted octanol–water partition coefficient (Wildman–Crippen LogP) is 5.14. The molecular weight excluding hydrogens is 398 g/mol. The van der Waals surface area contributed by atoms with Crippen LogP contribution in [0.1, 0.15) is 80.3 Å². The first-order valence-corrected chi connectivity index (χ1v) is 12.1. The van der Waals surface area contributed by atoms with Crippen LogP contribution in [-0.2, 0) is 6.54 Å². The molecule has 2 heterocycles. The zero-order valence-corrected chi connectivity index (χ0v) is 19.7. The molecule has 0 radical (unpaired) electrons. The van der Waals surface area contributed by atoms with E-state index in [1.54, 1.807) is 6.20 Å². The number of aryl methyl sites for hydroxylation is 1. The Morgan fingerprint density at radius 2 is 2.00 bits per heavy atom. The molecule has 0 spiro atoms. The maximum atomic E-state index is 13.1. The van der Waals surface area contributed by atoms with Gasteiger partial charge >= 0.3 is 0 Å². The maximum Gasteiger partial charge on any atom is 0.166 e. The highest BCUT2D eigenvalue weighted by atomic mass is 16.3. The first-order chi connectivity index (χ1) is 15.2. The van der Waals surface area contributed by atoms with Gasteiger partial charge in [-0.2, -0.15) is 0 Å². The molecule has 32 heavy (non-hydrogen) atoms. The molecule has 1 aromatic heterocycles. The lowest BCUT2D eigenvalue weighted by Gasteiger charge is -2.32. The van der Waals surface area contributed by atoms with Crippen molar-refractivity contribution in [3.63, 3.8) is 0 Å². The minimum Gasteiger partial charge on any atom is -0.390 e. The summed E-state index contributed by atoms with van der Waals surface area (Å²) in [6, 6.07) is 9.16. The number of carbonyl (C=O) groups is 1. The number of pyridine rings is 1. The maximum absolute atomic E-state index is 13.1. The molecule has 3 N–H and O–H groups in total. The number of rotatable bonds is 6. The summed E-state index contributed by atoms with van der Waals surface area (Å²) < 4.78 is 0. The van der Waals surface area contributed by atoms with E-state index in [0.717, 1.165) is 43.4 Å². The van der Waals surface area contributed by atoms with Crippen LogP contribution in [0.15, 0.2) is 30.5 Å². The van der Waals surface area contributed by atoms with Gasteiger partial charge in [-0.05, 0) is 94.5 Å². The Kier molecular flexibility index (Phi) is 6.68. The van der Waals surface area contributed by atoms with Crippen LogP contribution in [0.4, 0.5) is 5.82 Å². The van der Waals surface area contributed by atoms with Crippen molar-refractivity contribution in [2.45, 2.75) is 83.9 Å². The Morgan fingerprint density at radius 3 is 2.66 bits per heavy atom. The van der Waals surface area contributed by atoms with Crippen molar-refractivity contribution < 1.29 is 9.90 Å². The zero-order valence-electron chi connectivity index (χ0n) is 19.7. The third kappa shape index (κ3) is 5.21. The fourth-order valence-corrected chi connectivity index (χ4v) is 5.33. The summed E-state index contributed by atoms with van der Waals surface area (Å²) in [7, 11) is 0. The fourth-order valence-electron chi connectivity index (χ4n) is 5.33. The number of aliphatic hydroxyl groups is 1. The average Bonchev–Trinajstić information content (AvgIpc) is 3.14. The highest BCUT2D eigenvalue weighted by Crippen LogP contribution is 2.35. The van der Waals surface area contributed by atoms with Crippen molar-refractivity contribution in [3.05, 3.63) is 47.2 Å². The van der Waals surface area contributed by atoms with Gasteiger partial charge in [-0.15, -0.1) is 0 Å². The molecule has 1 aliphatic heterocycles. The number of ketones is 1. The lowest BCUT2D eigenvalue weighted by atomic mass is 9.77. The Balaban J connectivity index is 1.49. The summed E-state index contributed by atoms with van der Waals surface area (Å²) in [6.07, 6.45) is 8.06. The molecule has 1 aromatic carbocycles. The Bertz CT molecular complexity index is 975. The number of Topliss-reactive ketones (excluding diaryl/α,β-unsaturated/α-hetero) is 1. The van der Waals surface area contributed by atoms with Gasteiger partial charge in [0, 0.05) is 30.8 Å². The number of nitrogens with two attached hydrogens (primary N) is 1. The smallest absolute Gasteiger partial charge is 0.166 e. The molecule has 2 fully saturated rings. The molecule has 0 unspecified atom stereocenters. The topological polar surface area (TPSA) is 79.5 Å². The first kappa shape index (κ1) is 22.9. The van der Waals surface area contributed by atoms with Gasteiger partial charge in [-0.3, -0.25) is 9.69 Å². The second-order valence-corrected chi connectivity index (χ2v) is 10.3. The lowest BCUT2D eigenvalue weighted by Crippen LogP contribution is -2.31. The second-order valence-electron chi connectivity index (χ2n) is 10.3. The van der Waals surface area contributed by atoms with Crippen molar-refractivity contribution in [1.82, 2.24) is 9.88 Å². The van der Waals surface area contributed by atoms with Crippen molar-refractivity contribution >= 4 is 11.6 Å². The molecule has 1 aliphatic carbocycles. The van der Waals surface area contributed by atoms with Gasteiger partial charge < -0.3 is 10.8 Å². The largest absolute Gasteiger partial charge is 0.390 e. The number of carbonyl (C=O) groups excluding carboxylic acids is 1. The van der Waals surface area contributed by atoms with Gasteiger partial charge in [0.15, 0.2) is 5.78 Å². The predicted molar refractivity (Wildman–Crippen MR) is 129 cm³/mol. The average molecular weight is 436 g/mol. The van der Waals surface area contributed by atoms with Crippen molar-refractivity contribution in [1.29, 1.82) is 0 Å². The summed E-state index contributed by atoms with van der Waals surface area (Å²) in [5, 5.41) is 10.2. The summed E-state index contributed by atoms with van der Waals surface area (Å²) in [6.45, 7) is 8.48. The molecule has 4 rings (SSSR count). The number of nitrogen functional groups attached to an aromatic ring is 1. The van der Waals surface area contributed by atoms with E-state index in [1.165, 1.54) is 30.5 Å². The molecule has 0 amide bonds. The third-order valence-electron chi connectivity index (χ3n) is 7.55. The van der Waals surface area contributed by atoms with Crippen LogP contribution in [0.3, 0.4) is 0 Å². The van der Waals surface area contributed by atoms with Gasteiger partial charge in [0.1, 0.15) is 5.82 Å². The summed E-state index contributed by atoms with van der Waals surface area (Å²) in [5.41, 5.74) is 10.6. The zero-order chi connectivity index (χ0) is 22.9. The van der Waals surface area contributed by atoms with Gasteiger partial charge in [-0.25, -0.2) is 4.98 Å². The number of hydrogen-bond acceptors (Lipinski definition) is 5. The number of aromatic nitrogens is 1. The van der Waals surface area contributed by atoms with Gasteiger partial charge in [0.05, 0.1) is 11.2 Å². The molecule has 2 aromatic rings. The van der Waals surface area contributed by atoms with Crippen LogP contribution in [0.25, 0.3) is 11.1 Å². The molecule has 1 saturated carbocycles. The molecule has 1 saturated heterocycles. The van der Waals surface area contributed by atoms with E-state index in [4.69, 9.17) is 5.73 Å². The van der Waals surface area contributed by atoms with Crippen LogP contribution in [0.2, 0.25) is 0 Å². The molecule has 5 heteroatoms. The number of hydrogen-bond donors (Lipinski definition) is 2. The molecule has 5 nitrogen and oxygen atoms in total. The van der Waals surface area contributed by atoms with Crippen LogP contribution < -0.4 is 5.73 Å². The summed E-state index contributed by atoms with van der Waals surface area (Å²) in [5.74, 6) is 0.666. The number of benzene rings is 1. The summed E-state index contributed by atoms with van der Waals surface area (Å²) in [4.78, 5) is 20.0. The van der Waals surface area contributed by atoms with Crippen molar-refractivity contribution in [3.8, 4) is 11.1 Å². The third-order valence-corrected chi connectivity index (χ3v) is 7.55. The standard InChI is InChI=1S/C27H37N3O2/c1-18-13-21(17-30-12-4-5-19(30)2)6-7-23(18)22-15-24(26(28)29-16-22)25(31)14-20-8-10-27(3,32)11-9-20/h6-7,13,15-16,19-20,32H,4-5,8-12,14,17H2,1-3H3,(H2,28,29)/t19-,20?,27?/m1/s1. The molecular formula is C27H37N3O2. The van der Waals surface area contributed by atoms with Crippen molar-refractivity contribution in [2.75, 3.05) is 12.3 Å². The van der Waals surface area contributed by atoms with Gasteiger partial charge in [-0.1, -0.05) is 18.2 Å². The monoisotopic (exact) mass is 435 g/mol. The minimum absolute atomic E-state index is 0.0562. The van der Waals surface area contributed by atoms with Gasteiger partial charge in [0.25, 0.3) is 0 Å².